The van der Waals surface area contributed by atoms with Crippen LogP contribution in [0.2, 0.25) is 0 Å². The van der Waals surface area contributed by atoms with Crippen LogP contribution in [0.1, 0.15) is 30.9 Å². The molecule has 0 saturated heterocycles. The molecule has 2 unspecified atom stereocenters. The second kappa shape index (κ2) is 3.76. The third kappa shape index (κ3) is 2.09. The molecule has 3 heteroatoms. The third-order valence-electron chi connectivity index (χ3n) is 2.63. The van der Waals surface area contributed by atoms with Crippen molar-refractivity contribution in [1.82, 2.24) is 4.98 Å². The Balaban J connectivity index is 2.16. The molecule has 0 amide bonds. The number of hydrogen-bond donors (Lipinski definition) is 1. The van der Waals surface area contributed by atoms with Crippen LogP contribution in [0.3, 0.4) is 0 Å². The molecule has 1 heterocycles. The van der Waals surface area contributed by atoms with Gasteiger partial charge in [-0.1, -0.05) is 6.07 Å². The van der Waals surface area contributed by atoms with Gasteiger partial charge in [0.2, 0.25) is 0 Å². The smallest absolute Gasteiger partial charge is 0.106 e. The van der Waals surface area contributed by atoms with Crippen molar-refractivity contribution < 1.29 is 0 Å². The highest BCUT2D eigenvalue weighted by Crippen LogP contribution is 2.32. The molecular weight excluding hydrogens is 228 g/mol. The van der Waals surface area contributed by atoms with Crippen molar-refractivity contribution in [2.45, 2.75) is 31.2 Å². The fourth-order valence-corrected chi connectivity index (χ4v) is 2.29. The summed E-state index contributed by atoms with van der Waals surface area (Å²) in [5.41, 5.74) is 7.04. The summed E-state index contributed by atoms with van der Waals surface area (Å²) in [6.07, 6.45) is 3.41. The molecule has 2 nitrogen and oxygen atoms in total. The molecule has 1 aliphatic rings. The lowest BCUT2D eigenvalue weighted by Gasteiger charge is -2.08. The summed E-state index contributed by atoms with van der Waals surface area (Å²) < 4.78 is 0.922. The second-order valence-electron chi connectivity index (χ2n) is 3.66. The maximum atomic E-state index is 5.86. The summed E-state index contributed by atoms with van der Waals surface area (Å²) in [5, 5.41) is 0. The van der Waals surface area contributed by atoms with E-state index in [1.54, 1.807) is 0 Å². The van der Waals surface area contributed by atoms with Crippen LogP contribution in [0.15, 0.2) is 22.8 Å². The minimum absolute atomic E-state index is 0.380. The minimum Gasteiger partial charge on any atom is -0.328 e. The SMILES string of the molecule is NC1CCC(c2cccc(Br)n2)C1. The maximum absolute atomic E-state index is 5.86. The Morgan fingerprint density at radius 2 is 2.23 bits per heavy atom. The van der Waals surface area contributed by atoms with Gasteiger partial charge in [-0.05, 0) is 47.3 Å². The van der Waals surface area contributed by atoms with E-state index < -0.39 is 0 Å². The largest absolute Gasteiger partial charge is 0.328 e. The van der Waals surface area contributed by atoms with E-state index in [0.29, 0.717) is 12.0 Å². The Morgan fingerprint density at radius 1 is 1.38 bits per heavy atom. The van der Waals surface area contributed by atoms with Crippen LogP contribution in [0.4, 0.5) is 0 Å². The molecule has 1 fully saturated rings. The van der Waals surface area contributed by atoms with Crippen molar-refractivity contribution >= 4 is 15.9 Å². The quantitative estimate of drug-likeness (QED) is 0.767. The fourth-order valence-electron chi connectivity index (χ4n) is 1.94. The highest BCUT2D eigenvalue weighted by Gasteiger charge is 2.23. The van der Waals surface area contributed by atoms with E-state index >= 15 is 0 Å². The predicted octanol–water partition coefficient (Wildman–Crippen LogP) is 2.44. The van der Waals surface area contributed by atoms with Gasteiger partial charge in [0.25, 0.3) is 0 Å². The van der Waals surface area contributed by atoms with Crippen LogP contribution in [0, 0.1) is 0 Å². The first-order chi connectivity index (χ1) is 6.25. The molecule has 70 valence electrons. The van der Waals surface area contributed by atoms with Crippen LogP contribution in [0.25, 0.3) is 0 Å². The maximum Gasteiger partial charge on any atom is 0.106 e. The number of rotatable bonds is 1. The number of aromatic nitrogens is 1. The Bertz CT molecular complexity index is 301. The van der Waals surface area contributed by atoms with Crippen LogP contribution >= 0.6 is 15.9 Å². The lowest BCUT2D eigenvalue weighted by atomic mass is 10.0. The number of nitrogens with two attached hydrogens (primary N) is 1. The molecule has 1 aromatic heterocycles. The van der Waals surface area contributed by atoms with Crippen LogP contribution in [-0.4, -0.2) is 11.0 Å². The number of halogens is 1. The lowest BCUT2D eigenvalue weighted by Crippen LogP contribution is -2.14. The number of pyridine rings is 1. The van der Waals surface area contributed by atoms with E-state index in [2.05, 4.69) is 27.0 Å². The Hall–Kier alpha value is -0.410. The summed E-state index contributed by atoms with van der Waals surface area (Å²) in [7, 11) is 0. The molecule has 0 spiro atoms. The Labute approximate surface area is 86.7 Å². The van der Waals surface area contributed by atoms with Crippen LogP contribution < -0.4 is 5.73 Å². The van der Waals surface area contributed by atoms with E-state index in [0.717, 1.165) is 17.4 Å². The van der Waals surface area contributed by atoms with Crippen molar-refractivity contribution in [3.05, 3.63) is 28.5 Å². The summed E-state index contributed by atoms with van der Waals surface area (Å²) >= 11 is 3.38. The zero-order valence-corrected chi connectivity index (χ0v) is 9.00. The van der Waals surface area contributed by atoms with Gasteiger partial charge in [-0.25, -0.2) is 4.98 Å². The van der Waals surface area contributed by atoms with Crippen LogP contribution in [-0.2, 0) is 0 Å². The third-order valence-corrected chi connectivity index (χ3v) is 3.07. The average Bonchev–Trinajstić information content (AvgIpc) is 2.52. The zero-order valence-electron chi connectivity index (χ0n) is 7.41. The van der Waals surface area contributed by atoms with E-state index in [-0.39, 0.29) is 0 Å². The molecular formula is C10H13BrN2. The van der Waals surface area contributed by atoms with Gasteiger partial charge < -0.3 is 5.73 Å². The highest BCUT2D eigenvalue weighted by molar-refractivity contribution is 9.10. The number of hydrogen-bond acceptors (Lipinski definition) is 2. The van der Waals surface area contributed by atoms with Gasteiger partial charge in [-0.15, -0.1) is 0 Å². The topological polar surface area (TPSA) is 38.9 Å². The molecule has 0 aliphatic heterocycles. The molecule has 13 heavy (non-hydrogen) atoms. The van der Waals surface area contributed by atoms with Gasteiger partial charge in [0.15, 0.2) is 0 Å². The van der Waals surface area contributed by atoms with Crippen molar-refractivity contribution in [1.29, 1.82) is 0 Å². The summed E-state index contributed by atoms with van der Waals surface area (Å²) in [5.74, 6) is 0.576. The molecule has 2 atom stereocenters. The van der Waals surface area contributed by atoms with E-state index in [9.17, 15) is 0 Å². The van der Waals surface area contributed by atoms with Gasteiger partial charge in [0.1, 0.15) is 4.60 Å². The van der Waals surface area contributed by atoms with Gasteiger partial charge in [-0.2, -0.15) is 0 Å². The molecule has 0 aromatic carbocycles. The van der Waals surface area contributed by atoms with Crippen molar-refractivity contribution in [2.24, 2.45) is 5.73 Å². The summed E-state index contributed by atoms with van der Waals surface area (Å²) in [6, 6.07) is 6.47. The average molecular weight is 241 g/mol. The van der Waals surface area contributed by atoms with Crippen molar-refractivity contribution in [2.75, 3.05) is 0 Å². The normalized spacial score (nSPS) is 27.8. The molecule has 1 aromatic rings. The molecule has 0 radical (unpaired) electrons. The first-order valence-corrected chi connectivity index (χ1v) is 5.43. The monoisotopic (exact) mass is 240 g/mol. The summed E-state index contributed by atoms with van der Waals surface area (Å²) in [6.45, 7) is 0. The zero-order chi connectivity index (χ0) is 9.26. The second-order valence-corrected chi connectivity index (χ2v) is 4.47. The van der Waals surface area contributed by atoms with Gasteiger partial charge >= 0.3 is 0 Å². The Morgan fingerprint density at radius 3 is 2.85 bits per heavy atom. The van der Waals surface area contributed by atoms with Crippen molar-refractivity contribution in [3.63, 3.8) is 0 Å². The molecule has 2 N–H and O–H groups in total. The molecule has 1 aliphatic carbocycles. The lowest BCUT2D eigenvalue weighted by molar-refractivity contribution is 0.661. The summed E-state index contributed by atoms with van der Waals surface area (Å²) in [4.78, 5) is 4.45. The first kappa shape index (κ1) is 9.16. The van der Waals surface area contributed by atoms with Gasteiger partial charge in [0.05, 0.1) is 0 Å². The molecule has 1 saturated carbocycles. The first-order valence-electron chi connectivity index (χ1n) is 4.64. The molecule has 2 rings (SSSR count). The fraction of sp³-hybridized carbons (Fsp3) is 0.500. The van der Waals surface area contributed by atoms with Crippen LogP contribution in [0.5, 0.6) is 0 Å². The predicted molar refractivity (Wildman–Crippen MR) is 56.5 cm³/mol. The van der Waals surface area contributed by atoms with Gasteiger partial charge in [-0.3, -0.25) is 0 Å². The molecule has 0 bridgehead atoms. The van der Waals surface area contributed by atoms with E-state index in [4.69, 9.17) is 5.73 Å². The van der Waals surface area contributed by atoms with Gasteiger partial charge in [0, 0.05) is 17.7 Å². The van der Waals surface area contributed by atoms with Crippen molar-refractivity contribution in [3.8, 4) is 0 Å². The minimum atomic E-state index is 0.380. The highest BCUT2D eigenvalue weighted by atomic mass is 79.9. The van der Waals surface area contributed by atoms with E-state index in [1.165, 1.54) is 12.1 Å². The number of nitrogens with zero attached hydrogens (tertiary/aromatic N) is 1. The standard InChI is InChI=1S/C10H13BrN2/c11-10-3-1-2-9(13-10)7-4-5-8(12)6-7/h1-3,7-8H,4-6,12H2. The Kier molecular flexibility index (Phi) is 2.65. The van der Waals surface area contributed by atoms with E-state index in [1.807, 2.05) is 12.1 Å².